The van der Waals surface area contributed by atoms with Crippen LogP contribution in [0.2, 0.25) is 0 Å². The van der Waals surface area contributed by atoms with Gasteiger partial charge in [-0.05, 0) is 60.6 Å². The Hall–Kier alpha value is -3.42. The first-order valence-electron chi connectivity index (χ1n) is 11.4. The van der Waals surface area contributed by atoms with E-state index in [2.05, 4.69) is 29.8 Å². The van der Waals surface area contributed by atoms with E-state index >= 15 is 0 Å². The summed E-state index contributed by atoms with van der Waals surface area (Å²) in [4.78, 5) is 34.8. The van der Waals surface area contributed by atoms with Crippen molar-refractivity contribution in [3.8, 4) is 0 Å². The fourth-order valence-corrected chi connectivity index (χ4v) is 5.35. The van der Waals surface area contributed by atoms with Crippen molar-refractivity contribution >= 4 is 28.9 Å². The van der Waals surface area contributed by atoms with Gasteiger partial charge in [0.25, 0.3) is 11.6 Å². The van der Waals surface area contributed by atoms with Gasteiger partial charge < -0.3 is 16.0 Å². The van der Waals surface area contributed by atoms with Crippen molar-refractivity contribution < 1.29 is 14.5 Å². The number of hydrogen-bond acceptors (Lipinski definition) is 5. The summed E-state index contributed by atoms with van der Waals surface area (Å²) in [6.45, 7) is 6.23. The molecule has 4 rings (SSSR count). The molecule has 3 unspecified atom stereocenters. The van der Waals surface area contributed by atoms with E-state index in [1.165, 1.54) is 6.92 Å². The molecule has 1 saturated carbocycles. The third kappa shape index (κ3) is 4.69. The lowest BCUT2D eigenvalue weighted by Gasteiger charge is -2.45. The highest BCUT2D eigenvalue weighted by atomic mass is 16.6. The number of nitro benzene ring substituents is 1. The summed E-state index contributed by atoms with van der Waals surface area (Å²) < 4.78 is 0. The lowest BCUT2D eigenvalue weighted by Crippen LogP contribution is -2.51. The summed E-state index contributed by atoms with van der Waals surface area (Å²) in [6.07, 6.45) is 3.19. The minimum Gasteiger partial charge on any atom is -0.381 e. The van der Waals surface area contributed by atoms with Crippen molar-refractivity contribution in [2.24, 2.45) is 11.3 Å². The van der Waals surface area contributed by atoms with Gasteiger partial charge >= 0.3 is 0 Å². The number of anilines is 2. The van der Waals surface area contributed by atoms with Crippen molar-refractivity contribution in [3.63, 3.8) is 0 Å². The summed E-state index contributed by atoms with van der Waals surface area (Å²) in [5.41, 5.74) is 3.09. The van der Waals surface area contributed by atoms with Crippen LogP contribution < -0.4 is 16.0 Å². The first-order valence-corrected chi connectivity index (χ1v) is 11.4. The van der Waals surface area contributed by atoms with E-state index in [1.54, 1.807) is 36.4 Å². The monoisotopic (exact) mass is 450 g/mol. The average Bonchev–Trinajstić information content (AvgIpc) is 3.27. The highest BCUT2D eigenvalue weighted by molar-refractivity contribution is 5.95. The first kappa shape index (κ1) is 22.8. The van der Waals surface area contributed by atoms with Crippen LogP contribution in [-0.2, 0) is 4.79 Å². The highest BCUT2D eigenvalue weighted by Crippen LogP contribution is 2.52. The summed E-state index contributed by atoms with van der Waals surface area (Å²) in [5, 5.41) is 20.7. The molecule has 2 aromatic rings. The van der Waals surface area contributed by atoms with Gasteiger partial charge in [-0.25, -0.2) is 0 Å². The number of fused-ring (bicyclic) bond motifs is 3. The summed E-state index contributed by atoms with van der Waals surface area (Å²) in [6, 6.07) is 12.1. The molecule has 0 spiro atoms. The Morgan fingerprint density at radius 3 is 2.55 bits per heavy atom. The van der Waals surface area contributed by atoms with Crippen molar-refractivity contribution in [2.45, 2.75) is 52.0 Å². The Morgan fingerprint density at radius 1 is 1.15 bits per heavy atom. The molecule has 33 heavy (non-hydrogen) atoms. The number of nitro groups is 1. The molecular weight excluding hydrogens is 420 g/mol. The highest BCUT2D eigenvalue weighted by Gasteiger charge is 2.46. The molecule has 1 heterocycles. The number of hydrogen-bond donors (Lipinski definition) is 3. The normalized spacial score (nSPS) is 21.4. The molecule has 0 radical (unpaired) electrons. The van der Waals surface area contributed by atoms with E-state index in [1.807, 2.05) is 6.07 Å². The van der Waals surface area contributed by atoms with Gasteiger partial charge in [0.15, 0.2) is 0 Å². The van der Waals surface area contributed by atoms with Crippen molar-refractivity contribution in [3.05, 3.63) is 63.7 Å². The fraction of sp³-hybridized carbons (Fsp3) is 0.440. The van der Waals surface area contributed by atoms with Crippen LogP contribution in [0, 0.1) is 21.4 Å². The quantitative estimate of drug-likeness (QED) is 0.437. The topological polar surface area (TPSA) is 113 Å². The smallest absolute Gasteiger partial charge is 0.269 e. The number of non-ortho nitro benzene ring substituents is 1. The first-order chi connectivity index (χ1) is 15.7. The largest absolute Gasteiger partial charge is 0.381 e. The van der Waals surface area contributed by atoms with E-state index < -0.39 is 0 Å². The van der Waals surface area contributed by atoms with Gasteiger partial charge in [0, 0.05) is 54.0 Å². The van der Waals surface area contributed by atoms with E-state index in [4.69, 9.17) is 0 Å². The Balaban J connectivity index is 1.47. The van der Waals surface area contributed by atoms with Gasteiger partial charge in [-0.1, -0.05) is 20.3 Å². The maximum atomic E-state index is 12.8. The molecule has 8 nitrogen and oxygen atoms in total. The predicted molar refractivity (Wildman–Crippen MR) is 127 cm³/mol. The van der Waals surface area contributed by atoms with E-state index in [-0.39, 0.29) is 33.9 Å². The van der Waals surface area contributed by atoms with Crippen LogP contribution in [-0.4, -0.2) is 29.3 Å². The molecule has 0 bridgehead atoms. The Morgan fingerprint density at radius 2 is 1.88 bits per heavy atom. The molecule has 2 amide bonds. The van der Waals surface area contributed by atoms with Crippen LogP contribution in [0.25, 0.3) is 0 Å². The second-order valence-electron chi connectivity index (χ2n) is 9.78. The number of benzene rings is 2. The molecule has 1 aliphatic carbocycles. The third-order valence-corrected chi connectivity index (χ3v) is 6.97. The Bertz CT molecular complexity index is 1080. The molecule has 0 saturated heterocycles. The number of amides is 2. The zero-order valence-electron chi connectivity index (χ0n) is 19.2. The van der Waals surface area contributed by atoms with Gasteiger partial charge in [-0.2, -0.15) is 0 Å². The molecule has 2 aromatic carbocycles. The Kier molecular flexibility index (Phi) is 6.10. The second kappa shape index (κ2) is 8.84. The van der Waals surface area contributed by atoms with E-state index in [9.17, 15) is 19.7 Å². The summed E-state index contributed by atoms with van der Waals surface area (Å²) >= 11 is 0. The van der Waals surface area contributed by atoms with Gasteiger partial charge in [0.1, 0.15) is 0 Å². The zero-order valence-corrected chi connectivity index (χ0v) is 19.2. The molecule has 3 N–H and O–H groups in total. The van der Waals surface area contributed by atoms with Crippen molar-refractivity contribution in [2.75, 3.05) is 17.2 Å². The standard InChI is InChI=1S/C25H30N4O4/c1-15(30)27-17-9-7-16(8-10-17)24(31)26-14-25(2,3)23-20-6-4-5-19(20)21-13-18(29(32)33)11-12-22(21)28-23/h7-13,19-20,23,28H,4-6,14H2,1-3H3,(H,26,31)(H,27,30). The number of nitrogens with one attached hydrogen (secondary N) is 3. The van der Waals surface area contributed by atoms with Gasteiger partial charge in [-0.15, -0.1) is 0 Å². The fourth-order valence-electron chi connectivity index (χ4n) is 5.35. The lowest BCUT2D eigenvalue weighted by atomic mass is 9.69. The molecule has 1 aliphatic heterocycles. The van der Waals surface area contributed by atoms with Gasteiger partial charge in [-0.3, -0.25) is 19.7 Å². The predicted octanol–water partition coefficient (Wildman–Crippen LogP) is 4.69. The summed E-state index contributed by atoms with van der Waals surface area (Å²) in [7, 11) is 0. The number of nitrogens with zero attached hydrogens (tertiary/aromatic N) is 1. The van der Waals surface area contributed by atoms with Crippen molar-refractivity contribution in [1.29, 1.82) is 0 Å². The average molecular weight is 451 g/mol. The molecule has 8 heteroatoms. The van der Waals surface area contributed by atoms with E-state index in [0.717, 1.165) is 30.5 Å². The number of carbonyl (C=O) groups excluding carboxylic acids is 2. The maximum absolute atomic E-state index is 12.8. The minimum atomic E-state index is -0.335. The van der Waals surface area contributed by atoms with Gasteiger partial charge in [0.05, 0.1) is 4.92 Å². The zero-order chi connectivity index (χ0) is 23.8. The molecule has 0 aromatic heterocycles. The van der Waals surface area contributed by atoms with Crippen LogP contribution in [0.3, 0.4) is 0 Å². The van der Waals surface area contributed by atoms with Crippen LogP contribution in [0.5, 0.6) is 0 Å². The molecule has 3 atom stereocenters. The number of rotatable bonds is 6. The second-order valence-corrected chi connectivity index (χ2v) is 9.78. The molecular formula is C25H30N4O4. The number of carbonyl (C=O) groups is 2. The van der Waals surface area contributed by atoms with Crippen LogP contribution in [0.4, 0.5) is 17.1 Å². The van der Waals surface area contributed by atoms with Crippen LogP contribution >= 0.6 is 0 Å². The van der Waals surface area contributed by atoms with Crippen molar-refractivity contribution in [1.82, 2.24) is 5.32 Å². The Labute approximate surface area is 193 Å². The van der Waals surface area contributed by atoms with Crippen LogP contribution in [0.1, 0.15) is 61.9 Å². The minimum absolute atomic E-state index is 0.135. The maximum Gasteiger partial charge on any atom is 0.269 e. The lowest BCUT2D eigenvalue weighted by molar-refractivity contribution is -0.384. The molecule has 174 valence electrons. The third-order valence-electron chi connectivity index (χ3n) is 6.97. The SMILES string of the molecule is CC(=O)Nc1ccc(C(=O)NCC(C)(C)C2Nc3ccc([N+](=O)[O-])cc3C3CCCC32)cc1. The van der Waals surface area contributed by atoms with Gasteiger partial charge in [0.2, 0.25) is 5.91 Å². The van der Waals surface area contributed by atoms with Crippen LogP contribution in [0.15, 0.2) is 42.5 Å². The molecule has 2 aliphatic rings. The van der Waals surface area contributed by atoms with E-state index in [0.29, 0.717) is 29.6 Å². The molecule has 1 fully saturated rings. The summed E-state index contributed by atoms with van der Waals surface area (Å²) in [5.74, 6) is 0.341.